The number of nitrogens with one attached hydrogen (secondary N) is 1. The summed E-state index contributed by atoms with van der Waals surface area (Å²) in [6.07, 6.45) is 1.99. The molecule has 3 aromatic rings. The van der Waals surface area contributed by atoms with Gasteiger partial charge in [-0.25, -0.2) is 4.98 Å². The standard InChI is InChI=1S/C16H12N4S/c1-11(14-3-2-4-15-16(14)21-10-19-15)20-13-6-8-18-12(9-13)5-7-17/h2-4,6,8-10H,1,5H2,(H,18,20). The highest BCUT2D eigenvalue weighted by molar-refractivity contribution is 7.17. The lowest BCUT2D eigenvalue weighted by Gasteiger charge is -2.11. The van der Waals surface area contributed by atoms with E-state index in [2.05, 4.69) is 27.9 Å². The predicted molar refractivity (Wildman–Crippen MR) is 85.8 cm³/mol. The normalized spacial score (nSPS) is 10.2. The Morgan fingerprint density at radius 3 is 3.10 bits per heavy atom. The van der Waals surface area contributed by atoms with Crippen LogP contribution in [-0.2, 0) is 6.42 Å². The minimum Gasteiger partial charge on any atom is -0.355 e. The van der Waals surface area contributed by atoms with Gasteiger partial charge in [0.25, 0.3) is 0 Å². The Kier molecular flexibility index (Phi) is 3.63. The van der Waals surface area contributed by atoms with E-state index in [-0.39, 0.29) is 0 Å². The Labute approximate surface area is 126 Å². The molecule has 1 N–H and O–H groups in total. The van der Waals surface area contributed by atoms with Gasteiger partial charge in [0.05, 0.1) is 33.9 Å². The number of nitriles is 1. The second kappa shape index (κ2) is 5.73. The Morgan fingerprint density at radius 1 is 1.33 bits per heavy atom. The average molecular weight is 292 g/mol. The molecule has 0 bridgehead atoms. The van der Waals surface area contributed by atoms with Crippen molar-refractivity contribution in [1.82, 2.24) is 9.97 Å². The van der Waals surface area contributed by atoms with E-state index in [4.69, 9.17) is 5.26 Å². The van der Waals surface area contributed by atoms with E-state index < -0.39 is 0 Å². The lowest BCUT2D eigenvalue weighted by molar-refractivity contribution is 1.12. The largest absolute Gasteiger partial charge is 0.355 e. The van der Waals surface area contributed by atoms with Crippen LogP contribution in [-0.4, -0.2) is 9.97 Å². The number of hydrogen-bond acceptors (Lipinski definition) is 5. The quantitative estimate of drug-likeness (QED) is 0.793. The van der Waals surface area contributed by atoms with Crippen LogP contribution in [0.4, 0.5) is 5.69 Å². The summed E-state index contributed by atoms with van der Waals surface area (Å²) in [4.78, 5) is 8.46. The predicted octanol–water partition coefficient (Wildman–Crippen LogP) is 3.84. The van der Waals surface area contributed by atoms with Crippen LogP contribution < -0.4 is 5.32 Å². The summed E-state index contributed by atoms with van der Waals surface area (Å²) in [6.45, 7) is 4.11. The van der Waals surface area contributed by atoms with E-state index in [9.17, 15) is 0 Å². The van der Waals surface area contributed by atoms with Gasteiger partial charge in [0.2, 0.25) is 0 Å². The molecule has 0 saturated carbocycles. The van der Waals surface area contributed by atoms with Crippen LogP contribution in [0.25, 0.3) is 15.9 Å². The molecule has 21 heavy (non-hydrogen) atoms. The SMILES string of the molecule is C=C(Nc1ccnc(CC#N)c1)c1cccc2ncsc12. The first kappa shape index (κ1) is 13.3. The van der Waals surface area contributed by atoms with Gasteiger partial charge >= 0.3 is 0 Å². The van der Waals surface area contributed by atoms with Crippen LogP contribution in [0.15, 0.2) is 48.6 Å². The number of hydrogen-bond donors (Lipinski definition) is 1. The summed E-state index contributed by atoms with van der Waals surface area (Å²) in [5, 5.41) is 12.0. The van der Waals surface area contributed by atoms with Crippen LogP contribution in [0.2, 0.25) is 0 Å². The zero-order valence-corrected chi connectivity index (χ0v) is 12.0. The maximum Gasteiger partial charge on any atom is 0.0818 e. The molecule has 5 heteroatoms. The zero-order chi connectivity index (χ0) is 14.7. The van der Waals surface area contributed by atoms with E-state index in [1.807, 2.05) is 35.8 Å². The van der Waals surface area contributed by atoms with Gasteiger partial charge in [0.1, 0.15) is 0 Å². The lowest BCUT2D eigenvalue weighted by atomic mass is 10.1. The molecule has 0 saturated heterocycles. The van der Waals surface area contributed by atoms with Gasteiger partial charge in [0, 0.05) is 23.1 Å². The van der Waals surface area contributed by atoms with Gasteiger partial charge in [-0.15, -0.1) is 11.3 Å². The second-order valence-corrected chi connectivity index (χ2v) is 5.34. The summed E-state index contributed by atoms with van der Waals surface area (Å²) in [6, 6.07) is 11.8. The van der Waals surface area contributed by atoms with E-state index in [1.165, 1.54) is 0 Å². The Balaban J connectivity index is 1.88. The molecular weight excluding hydrogens is 280 g/mol. The van der Waals surface area contributed by atoms with Gasteiger partial charge in [-0.2, -0.15) is 5.26 Å². The zero-order valence-electron chi connectivity index (χ0n) is 11.2. The number of rotatable bonds is 4. The van der Waals surface area contributed by atoms with Crippen molar-refractivity contribution in [2.45, 2.75) is 6.42 Å². The van der Waals surface area contributed by atoms with Crippen LogP contribution in [0.3, 0.4) is 0 Å². The van der Waals surface area contributed by atoms with Gasteiger partial charge in [0.15, 0.2) is 0 Å². The first-order valence-electron chi connectivity index (χ1n) is 6.38. The first-order valence-corrected chi connectivity index (χ1v) is 7.26. The average Bonchev–Trinajstić information content (AvgIpc) is 2.96. The van der Waals surface area contributed by atoms with Crippen LogP contribution in [0.1, 0.15) is 11.3 Å². The fraction of sp³-hybridized carbons (Fsp3) is 0.0625. The van der Waals surface area contributed by atoms with E-state index in [1.54, 1.807) is 17.5 Å². The van der Waals surface area contributed by atoms with Gasteiger partial charge < -0.3 is 5.32 Å². The van der Waals surface area contributed by atoms with E-state index in [0.29, 0.717) is 6.42 Å². The molecule has 0 amide bonds. The Bertz CT molecular complexity index is 845. The van der Waals surface area contributed by atoms with Crippen molar-refractivity contribution in [3.63, 3.8) is 0 Å². The molecule has 4 nitrogen and oxygen atoms in total. The summed E-state index contributed by atoms with van der Waals surface area (Å²) in [5.41, 5.74) is 6.26. The first-order chi connectivity index (χ1) is 10.3. The number of pyridine rings is 1. The van der Waals surface area contributed by atoms with Crippen molar-refractivity contribution in [1.29, 1.82) is 5.26 Å². The molecule has 0 atom stereocenters. The third kappa shape index (κ3) is 2.76. The minimum atomic E-state index is 0.298. The Morgan fingerprint density at radius 2 is 2.24 bits per heavy atom. The summed E-state index contributed by atoms with van der Waals surface area (Å²) >= 11 is 1.60. The number of aromatic nitrogens is 2. The van der Waals surface area contributed by atoms with E-state index in [0.717, 1.165) is 32.9 Å². The molecular formula is C16H12N4S. The lowest BCUT2D eigenvalue weighted by Crippen LogP contribution is -1.99. The molecule has 0 aliphatic rings. The highest BCUT2D eigenvalue weighted by atomic mass is 32.1. The molecule has 3 rings (SSSR count). The molecule has 0 radical (unpaired) electrons. The van der Waals surface area contributed by atoms with Crippen LogP contribution >= 0.6 is 11.3 Å². The van der Waals surface area contributed by atoms with Crippen LogP contribution in [0, 0.1) is 11.3 Å². The minimum absolute atomic E-state index is 0.298. The Hall–Kier alpha value is -2.71. The molecule has 0 spiro atoms. The summed E-state index contributed by atoms with van der Waals surface area (Å²) in [5.74, 6) is 0. The highest BCUT2D eigenvalue weighted by Crippen LogP contribution is 2.27. The molecule has 2 heterocycles. The highest BCUT2D eigenvalue weighted by Gasteiger charge is 2.07. The fourth-order valence-electron chi connectivity index (χ4n) is 2.10. The monoisotopic (exact) mass is 292 g/mol. The summed E-state index contributed by atoms with van der Waals surface area (Å²) in [7, 11) is 0. The number of fused-ring (bicyclic) bond motifs is 1. The second-order valence-electron chi connectivity index (χ2n) is 4.48. The molecule has 0 aliphatic heterocycles. The van der Waals surface area contributed by atoms with Crippen molar-refractivity contribution in [2.75, 3.05) is 5.32 Å². The topological polar surface area (TPSA) is 61.6 Å². The van der Waals surface area contributed by atoms with Crippen LogP contribution in [0.5, 0.6) is 0 Å². The van der Waals surface area contributed by atoms with Crippen molar-refractivity contribution in [2.24, 2.45) is 0 Å². The smallest absolute Gasteiger partial charge is 0.0818 e. The molecule has 2 aromatic heterocycles. The number of anilines is 1. The molecule has 0 fully saturated rings. The van der Waals surface area contributed by atoms with Gasteiger partial charge in [-0.3, -0.25) is 4.98 Å². The van der Waals surface area contributed by atoms with Crippen molar-refractivity contribution in [3.05, 3.63) is 59.9 Å². The molecule has 0 unspecified atom stereocenters. The maximum absolute atomic E-state index is 8.73. The number of thiazole rings is 1. The molecule has 0 aliphatic carbocycles. The summed E-state index contributed by atoms with van der Waals surface area (Å²) < 4.78 is 1.11. The van der Waals surface area contributed by atoms with E-state index >= 15 is 0 Å². The maximum atomic E-state index is 8.73. The number of nitrogens with zero attached hydrogens (tertiary/aromatic N) is 3. The fourth-order valence-corrected chi connectivity index (χ4v) is 2.93. The van der Waals surface area contributed by atoms with Gasteiger partial charge in [-0.05, 0) is 18.2 Å². The van der Waals surface area contributed by atoms with Crippen molar-refractivity contribution >= 4 is 32.9 Å². The third-order valence-corrected chi connectivity index (χ3v) is 3.93. The number of benzene rings is 1. The van der Waals surface area contributed by atoms with Gasteiger partial charge in [-0.1, -0.05) is 18.7 Å². The van der Waals surface area contributed by atoms with Crippen molar-refractivity contribution in [3.8, 4) is 6.07 Å². The van der Waals surface area contributed by atoms with Crippen molar-refractivity contribution < 1.29 is 0 Å². The molecule has 1 aromatic carbocycles. The molecule has 102 valence electrons. The third-order valence-electron chi connectivity index (χ3n) is 3.05.